The fourth-order valence-electron chi connectivity index (χ4n) is 2.15. The number of rotatable bonds is 2. The summed E-state index contributed by atoms with van der Waals surface area (Å²) in [5.41, 5.74) is 1.35. The highest BCUT2D eigenvalue weighted by Gasteiger charge is 2.21. The Morgan fingerprint density at radius 2 is 1.85 bits per heavy atom. The number of hydrogen-bond donors (Lipinski definition) is 1. The van der Waals surface area contributed by atoms with Crippen molar-refractivity contribution in [2.24, 2.45) is 0 Å². The molecule has 1 aromatic rings. The molecule has 1 fully saturated rings. The number of nitrogens with zero attached hydrogens (tertiary/aromatic N) is 2. The number of methoxy groups -OCH3 is 1. The number of ether oxygens (including phenoxy) is 1. The number of esters is 1. The number of anilines is 1. The molecule has 0 spiro atoms. The molecule has 1 saturated heterocycles. The zero-order chi connectivity index (χ0) is 14.7. The highest BCUT2D eigenvalue weighted by atomic mass is 79.9. The molecule has 0 saturated carbocycles. The van der Waals surface area contributed by atoms with Gasteiger partial charge in [0.1, 0.15) is 0 Å². The van der Waals surface area contributed by atoms with Crippen LogP contribution in [0, 0.1) is 0 Å². The molecule has 108 valence electrons. The lowest BCUT2D eigenvalue weighted by molar-refractivity contribution is 0.0600. The van der Waals surface area contributed by atoms with Crippen LogP contribution in [-0.4, -0.2) is 55.4 Å². The van der Waals surface area contributed by atoms with Gasteiger partial charge in [-0.05, 0) is 18.2 Å². The van der Waals surface area contributed by atoms with Crippen molar-refractivity contribution in [3.63, 3.8) is 0 Å². The minimum absolute atomic E-state index is 0.392. The average Bonchev–Trinajstić information content (AvgIpc) is 2.45. The first-order valence-electron chi connectivity index (χ1n) is 6.13. The maximum Gasteiger partial charge on any atom is 0.407 e. The Balaban J connectivity index is 2.15. The number of carboxylic acid groups (broad SMARTS) is 1. The zero-order valence-corrected chi connectivity index (χ0v) is 12.6. The molecule has 7 heteroatoms. The Morgan fingerprint density at radius 3 is 2.40 bits per heavy atom. The van der Waals surface area contributed by atoms with Crippen LogP contribution in [0.15, 0.2) is 22.7 Å². The third-order valence-electron chi connectivity index (χ3n) is 3.22. The van der Waals surface area contributed by atoms with E-state index in [1.165, 1.54) is 12.0 Å². The first-order valence-corrected chi connectivity index (χ1v) is 6.92. The van der Waals surface area contributed by atoms with Crippen molar-refractivity contribution in [3.05, 3.63) is 28.2 Å². The van der Waals surface area contributed by atoms with E-state index in [0.717, 1.165) is 10.2 Å². The van der Waals surface area contributed by atoms with Gasteiger partial charge < -0.3 is 19.6 Å². The predicted molar refractivity (Wildman–Crippen MR) is 77.3 cm³/mol. The van der Waals surface area contributed by atoms with E-state index in [1.54, 1.807) is 12.1 Å². The van der Waals surface area contributed by atoms with Crippen molar-refractivity contribution in [2.75, 3.05) is 38.2 Å². The van der Waals surface area contributed by atoms with Crippen LogP contribution < -0.4 is 4.90 Å². The number of carbonyl (C=O) groups excluding carboxylic acids is 1. The van der Waals surface area contributed by atoms with Crippen LogP contribution in [0.2, 0.25) is 0 Å². The van der Waals surface area contributed by atoms with Crippen molar-refractivity contribution < 1.29 is 19.4 Å². The maximum absolute atomic E-state index is 11.6. The van der Waals surface area contributed by atoms with E-state index in [0.29, 0.717) is 31.7 Å². The molecule has 0 atom stereocenters. The van der Waals surface area contributed by atoms with E-state index in [1.807, 2.05) is 6.07 Å². The number of piperazine rings is 1. The molecule has 1 aliphatic rings. The molecule has 1 N–H and O–H groups in total. The fourth-order valence-corrected chi connectivity index (χ4v) is 2.63. The molecule has 2 rings (SSSR count). The van der Waals surface area contributed by atoms with Crippen molar-refractivity contribution >= 4 is 33.7 Å². The molecular formula is C13H15BrN2O4. The van der Waals surface area contributed by atoms with Gasteiger partial charge in [-0.2, -0.15) is 0 Å². The second-order valence-corrected chi connectivity index (χ2v) is 5.36. The van der Waals surface area contributed by atoms with Gasteiger partial charge in [-0.25, -0.2) is 9.59 Å². The summed E-state index contributed by atoms with van der Waals surface area (Å²) in [4.78, 5) is 25.9. The summed E-state index contributed by atoms with van der Waals surface area (Å²) >= 11 is 3.37. The van der Waals surface area contributed by atoms with Gasteiger partial charge in [0.05, 0.1) is 12.7 Å². The maximum atomic E-state index is 11.6. The van der Waals surface area contributed by atoms with Crippen molar-refractivity contribution in [1.29, 1.82) is 0 Å². The standard InChI is InChI=1S/C13H15BrN2O4/c1-20-12(17)9-6-10(14)8-11(7-9)15-2-4-16(5-3-15)13(18)19/h6-8H,2-5H2,1H3,(H,18,19). The first-order chi connectivity index (χ1) is 9.51. The second kappa shape index (κ2) is 6.13. The number of amides is 1. The highest BCUT2D eigenvalue weighted by Crippen LogP contribution is 2.24. The topological polar surface area (TPSA) is 70.1 Å². The zero-order valence-electron chi connectivity index (χ0n) is 11.0. The Bertz CT molecular complexity index is 527. The van der Waals surface area contributed by atoms with Gasteiger partial charge in [0.25, 0.3) is 0 Å². The normalized spacial score (nSPS) is 15.1. The summed E-state index contributed by atoms with van der Waals surface area (Å²) in [6.07, 6.45) is -0.894. The molecule has 0 bridgehead atoms. The van der Waals surface area contributed by atoms with Crippen LogP contribution in [0.1, 0.15) is 10.4 Å². The Hall–Kier alpha value is -1.76. The number of benzene rings is 1. The summed E-state index contributed by atoms with van der Waals surface area (Å²) in [5.74, 6) is -0.392. The lowest BCUT2D eigenvalue weighted by Crippen LogP contribution is -2.48. The van der Waals surface area contributed by atoms with Gasteiger partial charge >= 0.3 is 12.1 Å². The van der Waals surface area contributed by atoms with Crippen LogP contribution in [0.25, 0.3) is 0 Å². The minimum atomic E-state index is -0.894. The van der Waals surface area contributed by atoms with Gasteiger partial charge in [0.15, 0.2) is 0 Å². The summed E-state index contributed by atoms with van der Waals surface area (Å²) in [5, 5.41) is 8.93. The van der Waals surface area contributed by atoms with Crippen molar-refractivity contribution in [2.45, 2.75) is 0 Å². The van der Waals surface area contributed by atoms with Crippen LogP contribution >= 0.6 is 15.9 Å². The number of hydrogen-bond acceptors (Lipinski definition) is 4. The van der Waals surface area contributed by atoms with E-state index < -0.39 is 12.1 Å². The van der Waals surface area contributed by atoms with Crippen LogP contribution in [0.3, 0.4) is 0 Å². The molecule has 1 amide bonds. The summed E-state index contributed by atoms with van der Waals surface area (Å²) < 4.78 is 5.51. The van der Waals surface area contributed by atoms with Crippen LogP contribution in [-0.2, 0) is 4.74 Å². The quantitative estimate of drug-likeness (QED) is 0.833. The Morgan fingerprint density at radius 1 is 1.20 bits per heavy atom. The highest BCUT2D eigenvalue weighted by molar-refractivity contribution is 9.10. The third-order valence-corrected chi connectivity index (χ3v) is 3.68. The van der Waals surface area contributed by atoms with E-state index in [4.69, 9.17) is 9.84 Å². The van der Waals surface area contributed by atoms with Gasteiger partial charge in [0.2, 0.25) is 0 Å². The van der Waals surface area contributed by atoms with Crippen molar-refractivity contribution in [1.82, 2.24) is 4.90 Å². The Labute approximate surface area is 125 Å². The van der Waals surface area contributed by atoms with Gasteiger partial charge in [-0.3, -0.25) is 0 Å². The fraction of sp³-hybridized carbons (Fsp3) is 0.385. The second-order valence-electron chi connectivity index (χ2n) is 4.45. The number of halogens is 1. The van der Waals surface area contributed by atoms with Crippen LogP contribution in [0.4, 0.5) is 10.5 Å². The number of carbonyl (C=O) groups is 2. The van der Waals surface area contributed by atoms with E-state index in [2.05, 4.69) is 20.8 Å². The van der Waals surface area contributed by atoms with E-state index in [9.17, 15) is 9.59 Å². The summed E-state index contributed by atoms with van der Waals surface area (Å²) in [6, 6.07) is 5.36. The smallest absolute Gasteiger partial charge is 0.407 e. The van der Waals surface area contributed by atoms with E-state index >= 15 is 0 Å². The first kappa shape index (κ1) is 14.6. The lowest BCUT2D eigenvalue weighted by Gasteiger charge is -2.34. The van der Waals surface area contributed by atoms with Gasteiger partial charge in [-0.1, -0.05) is 15.9 Å². The molecule has 0 aromatic heterocycles. The predicted octanol–water partition coefficient (Wildman–Crippen LogP) is 2.04. The van der Waals surface area contributed by atoms with Crippen molar-refractivity contribution in [3.8, 4) is 0 Å². The largest absolute Gasteiger partial charge is 0.465 e. The SMILES string of the molecule is COC(=O)c1cc(Br)cc(N2CCN(C(=O)O)CC2)c1. The molecule has 0 unspecified atom stereocenters. The molecule has 1 aromatic carbocycles. The molecular weight excluding hydrogens is 328 g/mol. The van der Waals surface area contributed by atoms with Gasteiger partial charge in [-0.15, -0.1) is 0 Å². The van der Waals surface area contributed by atoms with Crippen LogP contribution in [0.5, 0.6) is 0 Å². The minimum Gasteiger partial charge on any atom is -0.465 e. The molecule has 1 heterocycles. The molecule has 6 nitrogen and oxygen atoms in total. The molecule has 20 heavy (non-hydrogen) atoms. The molecule has 0 radical (unpaired) electrons. The summed E-state index contributed by atoms with van der Waals surface area (Å²) in [7, 11) is 1.34. The monoisotopic (exact) mass is 342 g/mol. The Kier molecular flexibility index (Phi) is 4.49. The summed E-state index contributed by atoms with van der Waals surface area (Å²) in [6.45, 7) is 2.11. The van der Waals surface area contributed by atoms with E-state index in [-0.39, 0.29) is 0 Å². The third kappa shape index (κ3) is 3.22. The van der Waals surface area contributed by atoms with Gasteiger partial charge in [0, 0.05) is 36.3 Å². The average molecular weight is 343 g/mol. The molecule has 1 aliphatic heterocycles. The molecule has 0 aliphatic carbocycles. The lowest BCUT2D eigenvalue weighted by atomic mass is 10.1.